The monoisotopic (exact) mass is 211 g/mol. The molecular weight excluding hydrogens is 186 g/mol. The molecule has 0 aromatic heterocycles. The summed E-state index contributed by atoms with van der Waals surface area (Å²) in [7, 11) is 0. The smallest absolute Gasteiger partial charge is 0.223 e. The Kier molecular flexibility index (Phi) is 3.47. The van der Waals surface area contributed by atoms with Gasteiger partial charge in [-0.1, -0.05) is 41.5 Å². The molecule has 1 amide bonds. The maximum absolute atomic E-state index is 11.9. The number of amides is 1. The third-order valence-electron chi connectivity index (χ3n) is 3.75. The molecule has 1 heterocycles. The van der Waals surface area contributed by atoms with Crippen LogP contribution in [-0.4, -0.2) is 12.5 Å². The van der Waals surface area contributed by atoms with Gasteiger partial charge in [0.05, 0.1) is 0 Å². The average Bonchev–Trinajstić information content (AvgIpc) is 2.07. The molecule has 88 valence electrons. The summed E-state index contributed by atoms with van der Waals surface area (Å²) >= 11 is 0. The van der Waals surface area contributed by atoms with Crippen LogP contribution in [0.4, 0.5) is 0 Å². The predicted octanol–water partition coefficient (Wildman–Crippen LogP) is 2.69. The summed E-state index contributed by atoms with van der Waals surface area (Å²) in [6, 6.07) is 0. The molecule has 1 fully saturated rings. The summed E-state index contributed by atoms with van der Waals surface area (Å²) in [4.78, 5) is 11.9. The lowest BCUT2D eigenvalue weighted by atomic mass is 9.61. The normalized spacial score (nSPS) is 30.8. The molecule has 0 saturated carbocycles. The van der Waals surface area contributed by atoms with Crippen molar-refractivity contribution in [1.29, 1.82) is 0 Å². The first kappa shape index (κ1) is 12.5. The number of carbonyl (C=O) groups excluding carboxylic acids is 1. The lowest BCUT2D eigenvalue weighted by Gasteiger charge is -2.47. The fourth-order valence-electron chi connectivity index (χ4n) is 3.23. The molecule has 1 aliphatic rings. The molecule has 0 aromatic rings. The maximum Gasteiger partial charge on any atom is 0.223 e. The zero-order valence-corrected chi connectivity index (χ0v) is 10.9. The van der Waals surface area contributed by atoms with Gasteiger partial charge < -0.3 is 5.32 Å². The average molecular weight is 211 g/mol. The van der Waals surface area contributed by atoms with E-state index in [2.05, 4.69) is 46.9 Å². The number of rotatable bonds is 2. The van der Waals surface area contributed by atoms with Crippen molar-refractivity contribution in [2.45, 2.75) is 41.5 Å². The van der Waals surface area contributed by atoms with Crippen molar-refractivity contribution >= 4 is 5.91 Å². The van der Waals surface area contributed by atoms with Crippen LogP contribution in [-0.2, 0) is 4.79 Å². The first-order valence-corrected chi connectivity index (χ1v) is 6.05. The van der Waals surface area contributed by atoms with E-state index >= 15 is 0 Å². The summed E-state index contributed by atoms with van der Waals surface area (Å²) in [5.74, 6) is 1.92. The lowest BCUT2D eigenvalue weighted by Crippen LogP contribution is -2.55. The van der Waals surface area contributed by atoms with Gasteiger partial charge in [-0.3, -0.25) is 4.79 Å². The molecule has 2 atom stereocenters. The Bertz CT molecular complexity index is 243. The Hall–Kier alpha value is -0.530. The first-order chi connectivity index (χ1) is 6.77. The Balaban J connectivity index is 3.01. The van der Waals surface area contributed by atoms with Crippen LogP contribution in [0.3, 0.4) is 0 Å². The molecule has 1 saturated heterocycles. The third-order valence-corrected chi connectivity index (χ3v) is 3.75. The van der Waals surface area contributed by atoms with Gasteiger partial charge in [0, 0.05) is 12.5 Å². The zero-order chi connectivity index (χ0) is 11.8. The lowest BCUT2D eigenvalue weighted by molar-refractivity contribution is -0.137. The van der Waals surface area contributed by atoms with Gasteiger partial charge in [-0.25, -0.2) is 0 Å². The van der Waals surface area contributed by atoms with Crippen LogP contribution in [0.1, 0.15) is 41.5 Å². The SMILES string of the molecule is CC(C)C1C(=O)NCC(C)(C)C1C(C)C. The highest BCUT2D eigenvalue weighted by molar-refractivity contribution is 5.80. The minimum absolute atomic E-state index is 0.175. The summed E-state index contributed by atoms with van der Waals surface area (Å²) in [6.45, 7) is 14.1. The molecular formula is C13H25NO. The van der Waals surface area contributed by atoms with Crippen LogP contribution in [0, 0.1) is 29.1 Å². The highest BCUT2D eigenvalue weighted by Crippen LogP contribution is 2.43. The fourth-order valence-corrected chi connectivity index (χ4v) is 3.23. The molecule has 15 heavy (non-hydrogen) atoms. The molecule has 1 aliphatic heterocycles. The molecule has 1 rings (SSSR count). The summed E-state index contributed by atoms with van der Waals surface area (Å²) in [6.07, 6.45) is 0. The number of hydrogen-bond donors (Lipinski definition) is 1. The highest BCUT2D eigenvalue weighted by atomic mass is 16.2. The van der Waals surface area contributed by atoms with E-state index in [0.717, 1.165) is 6.54 Å². The van der Waals surface area contributed by atoms with Gasteiger partial charge >= 0.3 is 0 Å². The van der Waals surface area contributed by atoms with Crippen molar-refractivity contribution in [1.82, 2.24) is 5.32 Å². The van der Waals surface area contributed by atoms with E-state index in [-0.39, 0.29) is 17.2 Å². The van der Waals surface area contributed by atoms with Crippen LogP contribution in [0.5, 0.6) is 0 Å². The molecule has 1 N–H and O–H groups in total. The van der Waals surface area contributed by atoms with Crippen LogP contribution in [0.25, 0.3) is 0 Å². The van der Waals surface area contributed by atoms with Gasteiger partial charge in [-0.05, 0) is 23.2 Å². The molecule has 2 nitrogen and oxygen atoms in total. The highest BCUT2D eigenvalue weighted by Gasteiger charge is 2.45. The van der Waals surface area contributed by atoms with E-state index in [4.69, 9.17) is 0 Å². The van der Waals surface area contributed by atoms with Crippen molar-refractivity contribution in [3.63, 3.8) is 0 Å². The Morgan fingerprint density at radius 1 is 1.20 bits per heavy atom. The molecule has 0 aromatic carbocycles. The largest absolute Gasteiger partial charge is 0.355 e. The van der Waals surface area contributed by atoms with Gasteiger partial charge in [-0.15, -0.1) is 0 Å². The Morgan fingerprint density at radius 2 is 1.73 bits per heavy atom. The van der Waals surface area contributed by atoms with E-state index in [1.807, 2.05) is 0 Å². The van der Waals surface area contributed by atoms with Crippen LogP contribution in [0.2, 0.25) is 0 Å². The predicted molar refractivity (Wildman–Crippen MR) is 63.4 cm³/mol. The van der Waals surface area contributed by atoms with E-state index in [1.54, 1.807) is 0 Å². The molecule has 0 bridgehead atoms. The van der Waals surface area contributed by atoms with E-state index in [9.17, 15) is 4.79 Å². The zero-order valence-electron chi connectivity index (χ0n) is 10.9. The molecule has 2 heteroatoms. The van der Waals surface area contributed by atoms with Gasteiger partial charge in [0.15, 0.2) is 0 Å². The second-order valence-electron chi connectivity index (χ2n) is 6.25. The number of hydrogen-bond acceptors (Lipinski definition) is 1. The summed E-state index contributed by atoms with van der Waals surface area (Å²) < 4.78 is 0. The topological polar surface area (TPSA) is 29.1 Å². The third kappa shape index (κ3) is 2.35. The van der Waals surface area contributed by atoms with Crippen molar-refractivity contribution in [2.24, 2.45) is 29.1 Å². The van der Waals surface area contributed by atoms with Gasteiger partial charge in [0.25, 0.3) is 0 Å². The van der Waals surface area contributed by atoms with Crippen molar-refractivity contribution in [2.75, 3.05) is 6.54 Å². The molecule has 0 spiro atoms. The van der Waals surface area contributed by atoms with Crippen molar-refractivity contribution < 1.29 is 4.79 Å². The second kappa shape index (κ2) is 4.15. The first-order valence-electron chi connectivity index (χ1n) is 6.05. The quantitative estimate of drug-likeness (QED) is 0.747. The number of carbonyl (C=O) groups is 1. The van der Waals surface area contributed by atoms with E-state index in [1.165, 1.54) is 0 Å². The van der Waals surface area contributed by atoms with Crippen LogP contribution in [0.15, 0.2) is 0 Å². The summed E-state index contributed by atoms with van der Waals surface area (Å²) in [5.41, 5.74) is 0.219. The molecule has 0 radical (unpaired) electrons. The van der Waals surface area contributed by atoms with Gasteiger partial charge in [0.1, 0.15) is 0 Å². The standard InChI is InChI=1S/C13H25NO/c1-8(2)10-11(9(3)4)13(5,6)7-14-12(10)15/h8-11H,7H2,1-6H3,(H,14,15). The molecule has 0 aliphatic carbocycles. The molecule has 2 unspecified atom stereocenters. The Labute approximate surface area is 93.8 Å². The van der Waals surface area contributed by atoms with Crippen LogP contribution >= 0.6 is 0 Å². The van der Waals surface area contributed by atoms with E-state index < -0.39 is 0 Å². The maximum atomic E-state index is 11.9. The van der Waals surface area contributed by atoms with Gasteiger partial charge in [0.2, 0.25) is 5.91 Å². The minimum Gasteiger partial charge on any atom is -0.355 e. The van der Waals surface area contributed by atoms with Crippen LogP contribution < -0.4 is 5.32 Å². The number of piperidine rings is 1. The Morgan fingerprint density at radius 3 is 2.07 bits per heavy atom. The minimum atomic E-state index is 0.175. The summed E-state index contributed by atoms with van der Waals surface area (Å²) in [5, 5.41) is 3.05. The van der Waals surface area contributed by atoms with Gasteiger partial charge in [-0.2, -0.15) is 0 Å². The van der Waals surface area contributed by atoms with Crippen molar-refractivity contribution in [3.8, 4) is 0 Å². The fraction of sp³-hybridized carbons (Fsp3) is 0.923. The second-order valence-corrected chi connectivity index (χ2v) is 6.25. The number of nitrogens with one attached hydrogen (secondary N) is 1. The van der Waals surface area contributed by atoms with Crippen molar-refractivity contribution in [3.05, 3.63) is 0 Å². The van der Waals surface area contributed by atoms with E-state index in [0.29, 0.717) is 17.8 Å².